The van der Waals surface area contributed by atoms with E-state index in [1.165, 1.54) is 39.8 Å². The van der Waals surface area contributed by atoms with E-state index in [2.05, 4.69) is 20.3 Å². The van der Waals surface area contributed by atoms with Crippen molar-refractivity contribution in [3.63, 3.8) is 0 Å². The number of pyridine rings is 1. The summed E-state index contributed by atoms with van der Waals surface area (Å²) < 4.78 is 82.8. The molecule has 5 rings (SSSR count). The van der Waals surface area contributed by atoms with Crippen molar-refractivity contribution in [2.75, 3.05) is 26.0 Å². The Morgan fingerprint density at radius 2 is 1.67 bits per heavy atom. The molecule has 1 fully saturated rings. The number of alkyl halides is 6. The first-order valence-electron chi connectivity index (χ1n) is 13.1. The number of aromatic nitrogens is 4. The fourth-order valence-corrected chi connectivity index (χ4v) is 5.04. The van der Waals surface area contributed by atoms with Crippen molar-refractivity contribution < 1.29 is 35.9 Å². The number of carbonyl (C=O) groups is 2. The van der Waals surface area contributed by atoms with Gasteiger partial charge in [0.15, 0.2) is 5.69 Å². The number of hydrogen-bond acceptors (Lipinski definition) is 5. The highest BCUT2D eigenvalue weighted by atomic mass is 19.4. The lowest BCUT2D eigenvalue weighted by Crippen LogP contribution is -2.44. The summed E-state index contributed by atoms with van der Waals surface area (Å²) in [5.41, 5.74) is -2.26. The topological polar surface area (TPSA) is 95.7 Å². The molecular formula is C28H25F6N7O2. The molecular weight excluding hydrogens is 580 g/mol. The third-order valence-corrected chi connectivity index (χ3v) is 7.03. The molecule has 15 heteroatoms. The monoisotopic (exact) mass is 605 g/mol. The first-order chi connectivity index (χ1) is 20.3. The van der Waals surface area contributed by atoms with Gasteiger partial charge in [-0.3, -0.25) is 9.20 Å². The average Bonchev–Trinajstić information content (AvgIpc) is 3.35. The molecule has 1 aromatic carbocycles. The second kappa shape index (κ2) is 11.2. The number of nitrogens with zero attached hydrogens (tertiary/aromatic N) is 6. The number of benzene rings is 1. The van der Waals surface area contributed by atoms with Gasteiger partial charge in [-0.05, 0) is 43.5 Å². The van der Waals surface area contributed by atoms with Gasteiger partial charge in [0, 0.05) is 50.4 Å². The van der Waals surface area contributed by atoms with Crippen molar-refractivity contribution in [1.29, 1.82) is 0 Å². The number of anilines is 1. The van der Waals surface area contributed by atoms with E-state index in [1.807, 2.05) is 0 Å². The van der Waals surface area contributed by atoms with Gasteiger partial charge in [0.25, 0.3) is 5.91 Å². The summed E-state index contributed by atoms with van der Waals surface area (Å²) in [4.78, 5) is 40.6. The fraction of sp³-hybridized carbons (Fsp3) is 0.321. The summed E-state index contributed by atoms with van der Waals surface area (Å²) in [6, 6.07) is 5.96. The fourth-order valence-electron chi connectivity index (χ4n) is 5.04. The third-order valence-electron chi connectivity index (χ3n) is 7.03. The van der Waals surface area contributed by atoms with Gasteiger partial charge in [-0.15, -0.1) is 0 Å². The summed E-state index contributed by atoms with van der Waals surface area (Å²) in [6.07, 6.45) is -4.17. The van der Waals surface area contributed by atoms with Crippen molar-refractivity contribution in [3.05, 3.63) is 77.6 Å². The van der Waals surface area contributed by atoms with E-state index in [0.717, 1.165) is 31.3 Å². The number of amides is 3. The van der Waals surface area contributed by atoms with Gasteiger partial charge >= 0.3 is 18.4 Å². The number of hydrogen-bond donors (Lipinski definition) is 1. The Bertz CT molecular complexity index is 1670. The quantitative estimate of drug-likeness (QED) is 0.276. The number of piperidine rings is 1. The van der Waals surface area contributed by atoms with Crippen LogP contribution in [0.4, 0.5) is 37.0 Å². The summed E-state index contributed by atoms with van der Waals surface area (Å²) in [6.45, 7) is 0.410. The smallest absolute Gasteiger partial charge is 0.331 e. The molecule has 4 aromatic rings. The van der Waals surface area contributed by atoms with Crippen molar-refractivity contribution in [1.82, 2.24) is 29.2 Å². The highest BCUT2D eigenvalue weighted by Crippen LogP contribution is 2.39. The molecule has 1 N–H and O–H groups in total. The second-order valence-corrected chi connectivity index (χ2v) is 10.2. The van der Waals surface area contributed by atoms with E-state index in [4.69, 9.17) is 0 Å². The molecule has 1 atom stereocenters. The molecule has 226 valence electrons. The number of rotatable bonds is 4. The van der Waals surface area contributed by atoms with Gasteiger partial charge in [0.05, 0.1) is 17.3 Å². The molecule has 43 heavy (non-hydrogen) atoms. The SMILES string of the molecule is CN(C)C(=O)N1CCCCC1c1nc(-c2ccc(C(=O)Nc3cc(C(F)(F)F)ccn3)cc2)c2c(C(F)(F)F)nccn12. The molecule has 3 aromatic heterocycles. The second-order valence-electron chi connectivity index (χ2n) is 10.2. The van der Waals surface area contributed by atoms with E-state index in [-0.39, 0.29) is 40.0 Å². The minimum absolute atomic E-state index is 0.0240. The van der Waals surface area contributed by atoms with E-state index in [0.29, 0.717) is 19.0 Å². The number of nitrogens with one attached hydrogen (secondary N) is 1. The van der Waals surface area contributed by atoms with Crippen LogP contribution in [0.2, 0.25) is 0 Å². The molecule has 1 unspecified atom stereocenters. The van der Waals surface area contributed by atoms with Crippen LogP contribution >= 0.6 is 0 Å². The summed E-state index contributed by atoms with van der Waals surface area (Å²) in [7, 11) is 3.19. The van der Waals surface area contributed by atoms with E-state index >= 15 is 0 Å². The maximum absolute atomic E-state index is 14.2. The third kappa shape index (κ3) is 5.96. The van der Waals surface area contributed by atoms with Crippen LogP contribution in [0.3, 0.4) is 0 Å². The predicted octanol–water partition coefficient (Wildman–Crippen LogP) is 6.29. The zero-order valence-electron chi connectivity index (χ0n) is 22.9. The van der Waals surface area contributed by atoms with Crippen molar-refractivity contribution in [2.24, 2.45) is 0 Å². The number of imidazole rings is 1. The molecule has 0 saturated carbocycles. The Hall–Kier alpha value is -4.69. The van der Waals surface area contributed by atoms with E-state index < -0.39 is 35.6 Å². The Kier molecular flexibility index (Phi) is 7.75. The van der Waals surface area contributed by atoms with Crippen molar-refractivity contribution in [3.8, 4) is 11.3 Å². The summed E-state index contributed by atoms with van der Waals surface area (Å²) >= 11 is 0. The number of carbonyl (C=O) groups excluding carboxylic acids is 2. The summed E-state index contributed by atoms with van der Waals surface area (Å²) in [5.74, 6) is -0.851. The first kappa shape index (κ1) is 29.8. The highest BCUT2D eigenvalue weighted by molar-refractivity contribution is 6.04. The van der Waals surface area contributed by atoms with Gasteiger partial charge in [-0.2, -0.15) is 26.3 Å². The number of urea groups is 1. The standard InChI is InChI=1S/C28H25F6N7O2/c1-39(2)26(43)40-13-4-3-5-19(40)24-38-21(22-23(28(32,33)34)36-12-14-41(22)24)16-6-8-17(9-7-16)25(42)37-20-15-18(10-11-35-20)27(29,30)31/h6-12,14-15,19H,3-5,13H2,1-2H3,(H,35,37,42). The molecule has 1 saturated heterocycles. The van der Waals surface area contributed by atoms with Crippen LogP contribution in [0.15, 0.2) is 55.0 Å². The van der Waals surface area contributed by atoms with Crippen LogP contribution in [-0.2, 0) is 12.4 Å². The van der Waals surface area contributed by atoms with Crippen LogP contribution in [0, 0.1) is 0 Å². The maximum Gasteiger partial charge on any atom is 0.435 e. The lowest BCUT2D eigenvalue weighted by Gasteiger charge is -2.36. The van der Waals surface area contributed by atoms with Gasteiger partial charge < -0.3 is 15.1 Å². The van der Waals surface area contributed by atoms with E-state index in [9.17, 15) is 35.9 Å². The van der Waals surface area contributed by atoms with Crippen LogP contribution in [0.25, 0.3) is 16.8 Å². The van der Waals surface area contributed by atoms with Gasteiger partial charge in [0.1, 0.15) is 17.2 Å². The molecule has 1 aliphatic rings. The minimum atomic E-state index is -4.82. The zero-order valence-corrected chi connectivity index (χ0v) is 22.9. The molecule has 3 amide bonds. The maximum atomic E-state index is 14.2. The largest absolute Gasteiger partial charge is 0.435 e. The minimum Gasteiger partial charge on any atom is -0.331 e. The molecule has 0 radical (unpaired) electrons. The Morgan fingerprint density at radius 1 is 0.953 bits per heavy atom. The van der Waals surface area contributed by atoms with Gasteiger partial charge in [-0.1, -0.05) is 12.1 Å². The number of fused-ring (bicyclic) bond motifs is 1. The van der Waals surface area contributed by atoms with E-state index in [1.54, 1.807) is 19.0 Å². The van der Waals surface area contributed by atoms with Crippen LogP contribution in [0.1, 0.15) is 52.7 Å². The summed E-state index contributed by atoms with van der Waals surface area (Å²) in [5, 5.41) is 2.29. The van der Waals surface area contributed by atoms with Gasteiger partial charge in [0.2, 0.25) is 0 Å². The highest BCUT2D eigenvalue weighted by Gasteiger charge is 2.39. The Morgan fingerprint density at radius 3 is 2.33 bits per heavy atom. The Labute approximate surface area is 241 Å². The van der Waals surface area contributed by atoms with Crippen molar-refractivity contribution >= 4 is 23.3 Å². The molecule has 0 bridgehead atoms. The van der Waals surface area contributed by atoms with Crippen LogP contribution < -0.4 is 5.32 Å². The van der Waals surface area contributed by atoms with Crippen LogP contribution in [0.5, 0.6) is 0 Å². The normalized spacial score (nSPS) is 15.9. The number of halogens is 6. The molecule has 9 nitrogen and oxygen atoms in total. The average molecular weight is 606 g/mol. The van der Waals surface area contributed by atoms with Crippen LogP contribution in [-0.4, -0.2) is 61.7 Å². The lowest BCUT2D eigenvalue weighted by molar-refractivity contribution is -0.140. The molecule has 4 heterocycles. The predicted molar refractivity (Wildman–Crippen MR) is 143 cm³/mol. The van der Waals surface area contributed by atoms with Gasteiger partial charge in [-0.25, -0.2) is 19.7 Å². The molecule has 0 spiro atoms. The van der Waals surface area contributed by atoms with Crippen molar-refractivity contribution in [2.45, 2.75) is 37.7 Å². The first-order valence-corrected chi connectivity index (χ1v) is 13.1. The lowest BCUT2D eigenvalue weighted by atomic mass is 10.0. The molecule has 1 aliphatic heterocycles. The molecule has 0 aliphatic carbocycles. The Balaban J connectivity index is 1.54. The zero-order chi connectivity index (χ0) is 31.1. The number of likely N-dealkylation sites (tertiary alicyclic amines) is 1.